The first-order valence-corrected chi connectivity index (χ1v) is 7.13. The minimum atomic E-state index is -0.586. The molecule has 0 fully saturated rings. The van der Waals surface area contributed by atoms with Gasteiger partial charge in [0.15, 0.2) is 5.78 Å². The van der Waals surface area contributed by atoms with Gasteiger partial charge in [0.1, 0.15) is 11.8 Å². The zero-order valence-corrected chi connectivity index (χ0v) is 12.4. The SMILES string of the molecule is Cc1ccc(C(=O)CCC(=O)NC(CO)c2ccco2)cc1. The van der Waals surface area contributed by atoms with Gasteiger partial charge in [-0.2, -0.15) is 0 Å². The van der Waals surface area contributed by atoms with Gasteiger partial charge in [-0.05, 0) is 19.1 Å². The summed E-state index contributed by atoms with van der Waals surface area (Å²) < 4.78 is 5.15. The van der Waals surface area contributed by atoms with Gasteiger partial charge >= 0.3 is 0 Å². The number of hydrogen-bond acceptors (Lipinski definition) is 4. The van der Waals surface area contributed by atoms with E-state index < -0.39 is 6.04 Å². The van der Waals surface area contributed by atoms with Crippen molar-refractivity contribution < 1.29 is 19.1 Å². The second-order valence-corrected chi connectivity index (χ2v) is 5.11. The van der Waals surface area contributed by atoms with Crippen LogP contribution in [0.1, 0.15) is 40.6 Å². The Morgan fingerprint density at radius 3 is 2.50 bits per heavy atom. The highest BCUT2D eigenvalue weighted by Gasteiger charge is 2.17. The summed E-state index contributed by atoms with van der Waals surface area (Å²) >= 11 is 0. The molecule has 5 nitrogen and oxygen atoms in total. The summed E-state index contributed by atoms with van der Waals surface area (Å²) in [6.45, 7) is 1.69. The van der Waals surface area contributed by atoms with Crippen molar-refractivity contribution >= 4 is 11.7 Å². The monoisotopic (exact) mass is 301 g/mol. The van der Waals surface area contributed by atoms with E-state index in [2.05, 4.69) is 5.32 Å². The maximum Gasteiger partial charge on any atom is 0.221 e. The molecule has 0 aliphatic carbocycles. The highest BCUT2D eigenvalue weighted by molar-refractivity contribution is 5.98. The number of aliphatic hydroxyl groups is 1. The number of amides is 1. The number of aryl methyl sites for hydroxylation is 1. The second kappa shape index (κ2) is 7.56. The Morgan fingerprint density at radius 2 is 1.91 bits per heavy atom. The Hall–Kier alpha value is -2.40. The van der Waals surface area contributed by atoms with Gasteiger partial charge in [-0.3, -0.25) is 9.59 Å². The number of carbonyl (C=O) groups is 2. The summed E-state index contributed by atoms with van der Waals surface area (Å²) in [4.78, 5) is 23.9. The summed E-state index contributed by atoms with van der Waals surface area (Å²) in [6, 6.07) is 10.0. The lowest BCUT2D eigenvalue weighted by atomic mass is 10.0. The van der Waals surface area contributed by atoms with E-state index in [0.29, 0.717) is 11.3 Å². The van der Waals surface area contributed by atoms with Gasteiger partial charge in [-0.25, -0.2) is 0 Å². The van der Waals surface area contributed by atoms with Crippen molar-refractivity contribution in [3.05, 3.63) is 59.5 Å². The van der Waals surface area contributed by atoms with E-state index in [1.54, 1.807) is 24.3 Å². The molecule has 0 aliphatic rings. The number of furan rings is 1. The Morgan fingerprint density at radius 1 is 1.18 bits per heavy atom. The maximum atomic E-state index is 12.0. The van der Waals surface area contributed by atoms with Gasteiger partial charge in [-0.15, -0.1) is 0 Å². The third-order valence-corrected chi connectivity index (χ3v) is 3.36. The molecular formula is C17H19NO4. The van der Waals surface area contributed by atoms with Crippen LogP contribution in [0.4, 0.5) is 0 Å². The number of rotatable bonds is 7. The first-order chi connectivity index (χ1) is 10.6. The third kappa shape index (κ3) is 4.30. The molecule has 1 unspecified atom stereocenters. The van der Waals surface area contributed by atoms with Crippen molar-refractivity contribution in [2.24, 2.45) is 0 Å². The standard InChI is InChI=1S/C17H19NO4/c1-12-4-6-13(7-5-12)15(20)8-9-17(21)18-14(11-19)16-3-2-10-22-16/h2-7,10,14,19H,8-9,11H2,1H3,(H,18,21). The van der Waals surface area contributed by atoms with Gasteiger partial charge in [0.05, 0.1) is 12.9 Å². The molecule has 0 bridgehead atoms. The number of aliphatic hydroxyl groups excluding tert-OH is 1. The number of carbonyl (C=O) groups excluding carboxylic acids is 2. The average Bonchev–Trinajstić information content (AvgIpc) is 3.05. The third-order valence-electron chi connectivity index (χ3n) is 3.36. The summed E-state index contributed by atoms with van der Waals surface area (Å²) in [7, 11) is 0. The van der Waals surface area contributed by atoms with E-state index in [0.717, 1.165) is 5.56 Å². The van der Waals surface area contributed by atoms with Crippen LogP contribution in [0.5, 0.6) is 0 Å². The normalized spacial score (nSPS) is 11.9. The number of Topliss-reactive ketones (excluding diaryl/α,β-unsaturated/α-hetero) is 1. The van der Waals surface area contributed by atoms with Crippen molar-refractivity contribution in [3.63, 3.8) is 0 Å². The lowest BCUT2D eigenvalue weighted by Crippen LogP contribution is -2.30. The number of ketones is 1. The van der Waals surface area contributed by atoms with E-state index in [4.69, 9.17) is 4.42 Å². The first kappa shape index (κ1) is 16.0. The van der Waals surface area contributed by atoms with Gasteiger partial charge in [-0.1, -0.05) is 29.8 Å². The van der Waals surface area contributed by atoms with Crippen molar-refractivity contribution in [2.45, 2.75) is 25.8 Å². The molecule has 116 valence electrons. The Kier molecular flexibility index (Phi) is 5.49. The fourth-order valence-corrected chi connectivity index (χ4v) is 2.07. The van der Waals surface area contributed by atoms with Crippen LogP contribution in [0.25, 0.3) is 0 Å². The quantitative estimate of drug-likeness (QED) is 0.770. The molecule has 0 saturated heterocycles. The molecule has 2 rings (SSSR count). The molecule has 0 aliphatic heterocycles. The zero-order chi connectivity index (χ0) is 15.9. The fraction of sp³-hybridized carbons (Fsp3) is 0.294. The predicted octanol–water partition coefficient (Wildman–Crippen LogP) is 2.40. The topological polar surface area (TPSA) is 79.5 Å². The van der Waals surface area contributed by atoms with Gasteiger partial charge in [0, 0.05) is 18.4 Å². The molecule has 0 spiro atoms. The average molecular weight is 301 g/mol. The molecule has 1 aromatic carbocycles. The molecule has 5 heteroatoms. The highest BCUT2D eigenvalue weighted by Crippen LogP contribution is 2.13. The Balaban J connectivity index is 1.84. The van der Waals surface area contributed by atoms with Crippen LogP contribution in [-0.4, -0.2) is 23.4 Å². The smallest absolute Gasteiger partial charge is 0.221 e. The van der Waals surface area contributed by atoms with E-state index in [9.17, 15) is 14.7 Å². The Bertz CT molecular complexity index is 617. The summed E-state index contributed by atoms with van der Waals surface area (Å²) in [6.07, 6.45) is 1.68. The van der Waals surface area contributed by atoms with Crippen LogP contribution in [0.3, 0.4) is 0 Å². The Labute approximate surface area is 129 Å². The van der Waals surface area contributed by atoms with E-state index in [-0.39, 0.29) is 31.1 Å². The zero-order valence-electron chi connectivity index (χ0n) is 12.4. The molecule has 0 radical (unpaired) electrons. The highest BCUT2D eigenvalue weighted by atomic mass is 16.3. The van der Waals surface area contributed by atoms with Crippen LogP contribution in [0.2, 0.25) is 0 Å². The van der Waals surface area contributed by atoms with Crippen molar-refractivity contribution in [3.8, 4) is 0 Å². The molecule has 0 saturated carbocycles. The molecule has 1 atom stereocenters. The molecule has 1 aromatic heterocycles. The lowest BCUT2D eigenvalue weighted by molar-refractivity contribution is -0.122. The minimum absolute atomic E-state index is 0.0733. The number of hydrogen-bond donors (Lipinski definition) is 2. The summed E-state index contributed by atoms with van der Waals surface area (Å²) in [5, 5.41) is 11.9. The van der Waals surface area contributed by atoms with Gasteiger partial charge in [0.25, 0.3) is 0 Å². The molecule has 2 N–H and O–H groups in total. The van der Waals surface area contributed by atoms with Crippen molar-refractivity contribution in [2.75, 3.05) is 6.61 Å². The minimum Gasteiger partial charge on any atom is -0.467 e. The number of nitrogens with one attached hydrogen (secondary N) is 1. The summed E-state index contributed by atoms with van der Waals surface area (Å²) in [5.74, 6) is 0.116. The van der Waals surface area contributed by atoms with Crippen LogP contribution >= 0.6 is 0 Å². The fourth-order valence-electron chi connectivity index (χ4n) is 2.07. The second-order valence-electron chi connectivity index (χ2n) is 5.11. The van der Waals surface area contributed by atoms with Crippen LogP contribution in [0, 0.1) is 6.92 Å². The van der Waals surface area contributed by atoms with Crippen LogP contribution in [0.15, 0.2) is 47.1 Å². The molecule has 1 amide bonds. The predicted molar refractivity (Wildman–Crippen MR) is 81.4 cm³/mol. The van der Waals surface area contributed by atoms with Crippen molar-refractivity contribution in [1.82, 2.24) is 5.32 Å². The van der Waals surface area contributed by atoms with Crippen LogP contribution in [-0.2, 0) is 4.79 Å². The van der Waals surface area contributed by atoms with Gasteiger partial charge < -0.3 is 14.8 Å². The van der Waals surface area contributed by atoms with Gasteiger partial charge in [0.2, 0.25) is 5.91 Å². The maximum absolute atomic E-state index is 12.0. The molecular weight excluding hydrogens is 282 g/mol. The molecule has 22 heavy (non-hydrogen) atoms. The largest absolute Gasteiger partial charge is 0.467 e. The van der Waals surface area contributed by atoms with E-state index in [1.165, 1.54) is 6.26 Å². The number of benzene rings is 1. The van der Waals surface area contributed by atoms with Crippen molar-refractivity contribution in [1.29, 1.82) is 0 Å². The van der Waals surface area contributed by atoms with Crippen LogP contribution < -0.4 is 5.32 Å². The first-order valence-electron chi connectivity index (χ1n) is 7.13. The summed E-state index contributed by atoms with van der Waals surface area (Å²) in [5.41, 5.74) is 1.68. The van der Waals surface area contributed by atoms with E-state index in [1.807, 2.05) is 19.1 Å². The van der Waals surface area contributed by atoms with E-state index >= 15 is 0 Å². The molecule has 1 heterocycles. The lowest BCUT2D eigenvalue weighted by Gasteiger charge is -2.13. The molecule has 2 aromatic rings.